The summed E-state index contributed by atoms with van der Waals surface area (Å²) in [5.74, 6) is 0.152. The fraction of sp³-hybridized carbons (Fsp3) is 0.200. The van der Waals surface area contributed by atoms with Crippen molar-refractivity contribution >= 4 is 0 Å². The van der Waals surface area contributed by atoms with Crippen LogP contribution in [0.4, 0.5) is 0 Å². The van der Waals surface area contributed by atoms with Gasteiger partial charge in [-0.25, -0.2) is 4.68 Å². The SMILES string of the molecule is CC(O)c1cnnn1-c1cccc(O)c1. The lowest BCUT2D eigenvalue weighted by atomic mass is 10.2. The van der Waals surface area contributed by atoms with Gasteiger partial charge in [0.2, 0.25) is 0 Å². The summed E-state index contributed by atoms with van der Waals surface area (Å²) in [6.07, 6.45) is 0.844. The fourth-order valence-corrected chi connectivity index (χ4v) is 1.35. The number of aliphatic hydroxyl groups is 1. The van der Waals surface area contributed by atoms with Crippen LogP contribution in [0.3, 0.4) is 0 Å². The fourth-order valence-electron chi connectivity index (χ4n) is 1.35. The zero-order chi connectivity index (χ0) is 10.8. The van der Waals surface area contributed by atoms with Crippen LogP contribution < -0.4 is 0 Å². The first-order valence-corrected chi connectivity index (χ1v) is 4.56. The summed E-state index contributed by atoms with van der Waals surface area (Å²) in [6.45, 7) is 1.64. The van der Waals surface area contributed by atoms with Crippen molar-refractivity contribution in [2.75, 3.05) is 0 Å². The van der Waals surface area contributed by atoms with Crippen molar-refractivity contribution < 1.29 is 10.2 Å². The van der Waals surface area contributed by atoms with Gasteiger partial charge in [-0.1, -0.05) is 11.3 Å². The van der Waals surface area contributed by atoms with Crippen LogP contribution in [0.5, 0.6) is 5.75 Å². The number of aliphatic hydroxyl groups excluding tert-OH is 1. The maximum Gasteiger partial charge on any atom is 0.117 e. The van der Waals surface area contributed by atoms with Gasteiger partial charge in [-0.15, -0.1) is 5.10 Å². The molecule has 0 saturated carbocycles. The summed E-state index contributed by atoms with van der Waals surface area (Å²) in [5.41, 5.74) is 1.25. The maximum atomic E-state index is 9.46. The van der Waals surface area contributed by atoms with Crippen molar-refractivity contribution in [3.8, 4) is 11.4 Å². The van der Waals surface area contributed by atoms with Crippen LogP contribution in [-0.4, -0.2) is 25.2 Å². The second-order valence-corrected chi connectivity index (χ2v) is 3.27. The molecule has 78 valence electrons. The van der Waals surface area contributed by atoms with E-state index in [1.165, 1.54) is 10.9 Å². The highest BCUT2D eigenvalue weighted by molar-refractivity contribution is 5.38. The zero-order valence-electron chi connectivity index (χ0n) is 8.20. The average molecular weight is 205 g/mol. The predicted molar refractivity (Wildman–Crippen MR) is 53.7 cm³/mol. The number of aromatic nitrogens is 3. The van der Waals surface area contributed by atoms with E-state index in [1.54, 1.807) is 31.2 Å². The number of rotatable bonds is 2. The highest BCUT2D eigenvalue weighted by Gasteiger charge is 2.10. The van der Waals surface area contributed by atoms with Gasteiger partial charge in [0.05, 0.1) is 23.7 Å². The molecule has 0 bridgehead atoms. The predicted octanol–water partition coefficient (Wildman–Crippen LogP) is 1.03. The second-order valence-electron chi connectivity index (χ2n) is 3.27. The lowest BCUT2D eigenvalue weighted by Crippen LogP contribution is -2.04. The largest absolute Gasteiger partial charge is 0.508 e. The molecule has 0 saturated heterocycles. The van der Waals surface area contributed by atoms with E-state index in [0.717, 1.165) is 0 Å². The number of hydrogen-bond donors (Lipinski definition) is 2. The summed E-state index contributed by atoms with van der Waals surface area (Å²) in [7, 11) is 0. The van der Waals surface area contributed by atoms with E-state index in [-0.39, 0.29) is 5.75 Å². The van der Waals surface area contributed by atoms with Crippen LogP contribution in [0, 0.1) is 0 Å². The van der Waals surface area contributed by atoms with E-state index < -0.39 is 6.10 Å². The lowest BCUT2D eigenvalue weighted by molar-refractivity contribution is 0.191. The minimum atomic E-state index is -0.651. The van der Waals surface area contributed by atoms with Gasteiger partial charge in [0.15, 0.2) is 0 Å². The van der Waals surface area contributed by atoms with Gasteiger partial charge in [0.1, 0.15) is 5.75 Å². The number of benzene rings is 1. The zero-order valence-corrected chi connectivity index (χ0v) is 8.20. The Morgan fingerprint density at radius 1 is 1.40 bits per heavy atom. The highest BCUT2D eigenvalue weighted by Crippen LogP contribution is 2.18. The summed E-state index contributed by atoms with van der Waals surface area (Å²) in [4.78, 5) is 0. The van der Waals surface area contributed by atoms with Crippen LogP contribution in [-0.2, 0) is 0 Å². The van der Waals surface area contributed by atoms with E-state index in [1.807, 2.05) is 0 Å². The number of phenolic OH excluding ortho intramolecular Hbond substituents is 1. The van der Waals surface area contributed by atoms with E-state index in [9.17, 15) is 10.2 Å². The average Bonchev–Trinajstić information content (AvgIpc) is 2.65. The summed E-state index contributed by atoms with van der Waals surface area (Å²) in [6, 6.07) is 6.61. The third-order valence-electron chi connectivity index (χ3n) is 2.08. The lowest BCUT2D eigenvalue weighted by Gasteiger charge is -2.07. The van der Waals surface area contributed by atoms with Crippen molar-refractivity contribution in [3.05, 3.63) is 36.2 Å². The smallest absolute Gasteiger partial charge is 0.117 e. The van der Waals surface area contributed by atoms with Crippen molar-refractivity contribution in [3.63, 3.8) is 0 Å². The number of nitrogens with zero attached hydrogens (tertiary/aromatic N) is 3. The molecule has 0 aliphatic heterocycles. The van der Waals surface area contributed by atoms with Gasteiger partial charge in [-0.2, -0.15) is 0 Å². The Hall–Kier alpha value is -1.88. The van der Waals surface area contributed by atoms with Crippen LogP contribution in [0.25, 0.3) is 5.69 Å². The van der Waals surface area contributed by atoms with Crippen molar-refractivity contribution in [1.82, 2.24) is 15.0 Å². The summed E-state index contributed by atoms with van der Waals surface area (Å²) < 4.78 is 1.49. The topological polar surface area (TPSA) is 71.2 Å². The van der Waals surface area contributed by atoms with Crippen LogP contribution >= 0.6 is 0 Å². The minimum Gasteiger partial charge on any atom is -0.508 e. The van der Waals surface area contributed by atoms with Gasteiger partial charge in [0.25, 0.3) is 0 Å². The van der Waals surface area contributed by atoms with Crippen molar-refractivity contribution in [1.29, 1.82) is 0 Å². The Balaban J connectivity index is 2.49. The first-order chi connectivity index (χ1) is 7.18. The van der Waals surface area contributed by atoms with E-state index in [0.29, 0.717) is 11.4 Å². The minimum absolute atomic E-state index is 0.152. The van der Waals surface area contributed by atoms with Crippen LogP contribution in [0.1, 0.15) is 18.7 Å². The summed E-state index contributed by atoms with van der Waals surface area (Å²) in [5, 5.41) is 26.3. The molecule has 1 aromatic heterocycles. The van der Waals surface area contributed by atoms with Gasteiger partial charge >= 0.3 is 0 Å². The molecule has 2 rings (SSSR count). The second kappa shape index (κ2) is 3.70. The Labute approximate surface area is 86.6 Å². The molecule has 1 unspecified atom stereocenters. The number of aromatic hydroxyl groups is 1. The first kappa shape index (κ1) is 9.67. The molecule has 0 spiro atoms. The third kappa shape index (κ3) is 1.82. The Morgan fingerprint density at radius 3 is 2.87 bits per heavy atom. The normalized spacial score (nSPS) is 12.7. The number of phenols is 1. The van der Waals surface area contributed by atoms with Crippen molar-refractivity contribution in [2.45, 2.75) is 13.0 Å². The summed E-state index contributed by atoms with van der Waals surface area (Å²) >= 11 is 0. The van der Waals surface area contributed by atoms with E-state index in [4.69, 9.17) is 0 Å². The molecule has 0 aliphatic carbocycles. The van der Waals surface area contributed by atoms with Gasteiger partial charge in [-0.3, -0.25) is 0 Å². The van der Waals surface area contributed by atoms with E-state index in [2.05, 4.69) is 10.3 Å². The van der Waals surface area contributed by atoms with Crippen LogP contribution in [0.2, 0.25) is 0 Å². The molecule has 5 nitrogen and oxygen atoms in total. The monoisotopic (exact) mass is 205 g/mol. The third-order valence-corrected chi connectivity index (χ3v) is 2.08. The Morgan fingerprint density at radius 2 is 2.20 bits per heavy atom. The molecule has 15 heavy (non-hydrogen) atoms. The molecule has 0 radical (unpaired) electrons. The first-order valence-electron chi connectivity index (χ1n) is 4.56. The molecular weight excluding hydrogens is 194 g/mol. The molecule has 1 atom stereocenters. The highest BCUT2D eigenvalue weighted by atomic mass is 16.3. The standard InChI is InChI=1S/C10H11N3O2/c1-7(14)10-6-11-12-13(10)8-3-2-4-9(15)5-8/h2-7,14-15H,1H3. The van der Waals surface area contributed by atoms with Crippen molar-refractivity contribution in [2.24, 2.45) is 0 Å². The molecule has 0 aliphatic rings. The molecule has 2 aromatic rings. The Bertz CT molecular complexity index is 465. The molecule has 0 amide bonds. The molecular formula is C10H11N3O2. The molecule has 2 N–H and O–H groups in total. The van der Waals surface area contributed by atoms with E-state index >= 15 is 0 Å². The van der Waals surface area contributed by atoms with Gasteiger partial charge in [-0.05, 0) is 19.1 Å². The maximum absolute atomic E-state index is 9.46. The molecule has 0 fully saturated rings. The molecule has 5 heteroatoms. The van der Waals surface area contributed by atoms with Gasteiger partial charge < -0.3 is 10.2 Å². The molecule has 1 aromatic carbocycles. The van der Waals surface area contributed by atoms with Gasteiger partial charge in [0, 0.05) is 6.07 Å². The molecule has 1 heterocycles. The Kier molecular flexibility index (Phi) is 2.39. The number of hydrogen-bond acceptors (Lipinski definition) is 4. The van der Waals surface area contributed by atoms with Crippen LogP contribution in [0.15, 0.2) is 30.5 Å². The quantitative estimate of drug-likeness (QED) is 0.768.